The monoisotopic (exact) mass is 230 g/mol. The Morgan fingerprint density at radius 2 is 2.25 bits per heavy atom. The predicted octanol–water partition coefficient (Wildman–Crippen LogP) is 0.303. The van der Waals surface area contributed by atoms with Gasteiger partial charge in [-0.2, -0.15) is 0 Å². The number of ether oxygens (including phenoxy) is 1. The van der Waals surface area contributed by atoms with Crippen LogP contribution >= 0.6 is 0 Å². The fourth-order valence-corrected chi connectivity index (χ4v) is 1.13. The number of carboxylic acids is 1. The van der Waals surface area contributed by atoms with Crippen LogP contribution < -0.4 is 5.32 Å². The van der Waals surface area contributed by atoms with Gasteiger partial charge in [0, 0.05) is 13.7 Å². The average molecular weight is 230 g/mol. The second kappa shape index (κ2) is 7.70. The highest BCUT2D eigenvalue weighted by Gasteiger charge is 2.16. The van der Waals surface area contributed by atoms with Gasteiger partial charge in [0.25, 0.3) is 0 Å². The third kappa shape index (κ3) is 6.02. The van der Waals surface area contributed by atoms with E-state index in [4.69, 9.17) is 9.84 Å². The number of carbonyl (C=O) groups is 2. The summed E-state index contributed by atoms with van der Waals surface area (Å²) >= 11 is 0. The number of carboxylic acid groups (broad SMARTS) is 1. The lowest BCUT2D eigenvalue weighted by Gasteiger charge is -2.22. The van der Waals surface area contributed by atoms with Crippen LogP contribution in [0.5, 0.6) is 0 Å². The van der Waals surface area contributed by atoms with Crippen LogP contribution in [-0.2, 0) is 9.53 Å². The lowest BCUT2D eigenvalue weighted by molar-refractivity contribution is -0.137. The third-order valence-electron chi connectivity index (χ3n) is 1.75. The highest BCUT2D eigenvalue weighted by atomic mass is 16.5. The summed E-state index contributed by atoms with van der Waals surface area (Å²) in [7, 11) is 1.53. The highest BCUT2D eigenvalue weighted by molar-refractivity contribution is 5.80. The third-order valence-corrected chi connectivity index (χ3v) is 1.75. The van der Waals surface area contributed by atoms with Gasteiger partial charge < -0.3 is 20.1 Å². The summed E-state index contributed by atoms with van der Waals surface area (Å²) in [5.74, 6) is -1.06. The summed E-state index contributed by atoms with van der Waals surface area (Å²) in [6.45, 7) is 5.46. The molecule has 2 amide bonds. The van der Waals surface area contributed by atoms with Crippen molar-refractivity contribution in [2.45, 2.75) is 13.0 Å². The molecule has 0 radical (unpaired) electrons. The molecule has 0 aromatic heterocycles. The Bertz CT molecular complexity index is 255. The van der Waals surface area contributed by atoms with Crippen LogP contribution in [0.1, 0.15) is 6.92 Å². The van der Waals surface area contributed by atoms with E-state index in [1.54, 1.807) is 6.92 Å². The topological polar surface area (TPSA) is 78.9 Å². The molecular weight excluding hydrogens is 212 g/mol. The molecule has 1 unspecified atom stereocenters. The minimum atomic E-state index is -1.06. The SMILES string of the molecule is C=CCN(CC(=O)O)C(=O)NC(C)COC. The Labute approximate surface area is 94.9 Å². The Morgan fingerprint density at radius 1 is 1.62 bits per heavy atom. The largest absolute Gasteiger partial charge is 0.480 e. The molecule has 6 nitrogen and oxygen atoms in total. The van der Waals surface area contributed by atoms with Crippen molar-refractivity contribution in [3.05, 3.63) is 12.7 Å². The smallest absolute Gasteiger partial charge is 0.323 e. The fourth-order valence-electron chi connectivity index (χ4n) is 1.13. The van der Waals surface area contributed by atoms with Crippen LogP contribution in [0.3, 0.4) is 0 Å². The van der Waals surface area contributed by atoms with Gasteiger partial charge in [0.2, 0.25) is 0 Å². The zero-order valence-electron chi connectivity index (χ0n) is 9.60. The number of rotatable bonds is 7. The molecule has 0 aliphatic heterocycles. The van der Waals surface area contributed by atoms with E-state index in [2.05, 4.69) is 11.9 Å². The number of hydrogen-bond acceptors (Lipinski definition) is 3. The van der Waals surface area contributed by atoms with Crippen LogP contribution in [0.4, 0.5) is 4.79 Å². The van der Waals surface area contributed by atoms with Crippen molar-refractivity contribution >= 4 is 12.0 Å². The summed E-state index contributed by atoms with van der Waals surface area (Å²) in [6.07, 6.45) is 1.48. The molecule has 0 aromatic carbocycles. The van der Waals surface area contributed by atoms with Gasteiger partial charge in [-0.1, -0.05) is 6.08 Å². The van der Waals surface area contributed by atoms with Gasteiger partial charge in [-0.3, -0.25) is 4.79 Å². The molecule has 0 aliphatic rings. The van der Waals surface area contributed by atoms with Crippen molar-refractivity contribution in [2.24, 2.45) is 0 Å². The van der Waals surface area contributed by atoms with Crippen molar-refractivity contribution in [1.82, 2.24) is 10.2 Å². The molecule has 92 valence electrons. The molecule has 0 saturated carbocycles. The van der Waals surface area contributed by atoms with Gasteiger partial charge in [0.1, 0.15) is 6.54 Å². The average Bonchev–Trinajstić information content (AvgIpc) is 2.16. The van der Waals surface area contributed by atoms with E-state index in [0.29, 0.717) is 6.61 Å². The number of carbonyl (C=O) groups excluding carboxylic acids is 1. The Morgan fingerprint density at radius 3 is 2.69 bits per heavy atom. The molecule has 1 atom stereocenters. The van der Waals surface area contributed by atoms with E-state index in [9.17, 15) is 9.59 Å². The molecule has 0 bridgehead atoms. The first-order chi connectivity index (χ1) is 7.51. The maximum atomic E-state index is 11.6. The summed E-state index contributed by atoms with van der Waals surface area (Å²) in [5.41, 5.74) is 0. The number of nitrogens with one attached hydrogen (secondary N) is 1. The first-order valence-corrected chi connectivity index (χ1v) is 4.88. The molecule has 0 saturated heterocycles. The van der Waals surface area contributed by atoms with Crippen LogP contribution in [0, 0.1) is 0 Å². The van der Waals surface area contributed by atoms with E-state index in [-0.39, 0.29) is 19.1 Å². The molecular formula is C10H18N2O4. The van der Waals surface area contributed by atoms with Crippen molar-refractivity contribution in [1.29, 1.82) is 0 Å². The Balaban J connectivity index is 4.25. The van der Waals surface area contributed by atoms with Crippen molar-refractivity contribution in [3.63, 3.8) is 0 Å². The van der Waals surface area contributed by atoms with Crippen molar-refractivity contribution in [3.8, 4) is 0 Å². The maximum absolute atomic E-state index is 11.6. The van der Waals surface area contributed by atoms with E-state index >= 15 is 0 Å². The first-order valence-electron chi connectivity index (χ1n) is 4.88. The quantitative estimate of drug-likeness (QED) is 0.617. The number of aliphatic carboxylic acids is 1. The summed E-state index contributed by atoms with van der Waals surface area (Å²) < 4.78 is 4.86. The molecule has 0 rings (SSSR count). The number of urea groups is 1. The van der Waals surface area contributed by atoms with E-state index < -0.39 is 12.0 Å². The molecule has 0 heterocycles. The highest BCUT2D eigenvalue weighted by Crippen LogP contribution is 1.93. The van der Waals surface area contributed by atoms with Gasteiger partial charge in [0.05, 0.1) is 12.6 Å². The van der Waals surface area contributed by atoms with Gasteiger partial charge in [-0.25, -0.2) is 4.79 Å². The molecule has 0 aromatic rings. The molecule has 0 spiro atoms. The fraction of sp³-hybridized carbons (Fsp3) is 0.600. The van der Waals surface area contributed by atoms with Crippen molar-refractivity contribution in [2.75, 3.05) is 26.8 Å². The zero-order chi connectivity index (χ0) is 12.6. The number of amides is 2. The Hall–Kier alpha value is -1.56. The minimum Gasteiger partial charge on any atom is -0.480 e. The normalized spacial score (nSPS) is 11.6. The standard InChI is InChI=1S/C10H18N2O4/c1-4-5-12(6-9(13)14)10(15)11-8(2)7-16-3/h4,8H,1,5-7H2,2-3H3,(H,11,15)(H,13,14). The maximum Gasteiger partial charge on any atom is 0.323 e. The van der Waals surface area contributed by atoms with Gasteiger partial charge in [-0.15, -0.1) is 6.58 Å². The summed E-state index contributed by atoms with van der Waals surface area (Å²) in [5, 5.41) is 11.2. The van der Waals surface area contributed by atoms with E-state index in [1.165, 1.54) is 13.2 Å². The second-order valence-electron chi connectivity index (χ2n) is 3.37. The predicted molar refractivity (Wildman–Crippen MR) is 59.3 cm³/mol. The minimum absolute atomic E-state index is 0.168. The van der Waals surface area contributed by atoms with E-state index in [0.717, 1.165) is 4.90 Å². The molecule has 2 N–H and O–H groups in total. The molecule has 0 fully saturated rings. The molecule has 0 aliphatic carbocycles. The second-order valence-corrected chi connectivity index (χ2v) is 3.37. The first kappa shape index (κ1) is 14.4. The number of methoxy groups -OCH3 is 1. The number of hydrogen-bond donors (Lipinski definition) is 2. The van der Waals surface area contributed by atoms with Crippen LogP contribution in [0.25, 0.3) is 0 Å². The Kier molecular flexibility index (Phi) is 6.95. The molecule has 16 heavy (non-hydrogen) atoms. The van der Waals surface area contributed by atoms with Gasteiger partial charge in [0.15, 0.2) is 0 Å². The van der Waals surface area contributed by atoms with Gasteiger partial charge in [-0.05, 0) is 6.92 Å². The van der Waals surface area contributed by atoms with Crippen LogP contribution in [0.15, 0.2) is 12.7 Å². The van der Waals surface area contributed by atoms with Crippen LogP contribution in [0.2, 0.25) is 0 Å². The van der Waals surface area contributed by atoms with Crippen molar-refractivity contribution < 1.29 is 19.4 Å². The summed E-state index contributed by atoms with van der Waals surface area (Å²) in [4.78, 5) is 23.3. The van der Waals surface area contributed by atoms with E-state index in [1.807, 2.05) is 0 Å². The summed E-state index contributed by atoms with van der Waals surface area (Å²) in [6, 6.07) is -0.606. The zero-order valence-corrected chi connectivity index (χ0v) is 9.60. The lowest BCUT2D eigenvalue weighted by Crippen LogP contribution is -2.47. The molecule has 6 heteroatoms. The van der Waals surface area contributed by atoms with Crippen LogP contribution in [-0.4, -0.2) is 54.9 Å². The van der Waals surface area contributed by atoms with Gasteiger partial charge >= 0.3 is 12.0 Å². The lowest BCUT2D eigenvalue weighted by atomic mass is 10.3. The number of nitrogens with zero attached hydrogens (tertiary/aromatic N) is 1.